The van der Waals surface area contributed by atoms with Crippen molar-refractivity contribution in [1.82, 2.24) is 25.5 Å². The Balaban J connectivity index is 2.01. The fourth-order valence-corrected chi connectivity index (χ4v) is 3.71. The average Bonchev–Trinajstić information content (AvgIpc) is 3.46. The Morgan fingerprint density at radius 1 is 1.24 bits per heavy atom. The number of likely N-dealkylation sites (tertiary alicyclic amines) is 1. The van der Waals surface area contributed by atoms with Crippen LogP contribution in [0, 0.1) is 0 Å². The van der Waals surface area contributed by atoms with Crippen molar-refractivity contribution in [1.29, 1.82) is 0 Å². The van der Waals surface area contributed by atoms with Crippen molar-refractivity contribution >= 4 is 42.3 Å². The van der Waals surface area contributed by atoms with Gasteiger partial charge in [0.1, 0.15) is 18.1 Å². The number of nitrogens with zero attached hydrogens (tertiary/aromatic N) is 2. The third kappa shape index (κ3) is 7.46. The van der Waals surface area contributed by atoms with Gasteiger partial charge in [0.25, 0.3) is 0 Å². The maximum atomic E-state index is 13.0. The second-order valence-corrected chi connectivity index (χ2v) is 8.02. The number of carboxylic acids is 2. The Labute approximate surface area is 194 Å². The molecule has 4 unspecified atom stereocenters. The lowest BCUT2D eigenvalue weighted by atomic mass is 10.1. The summed E-state index contributed by atoms with van der Waals surface area (Å²) >= 11 is 4.10. The van der Waals surface area contributed by atoms with Crippen molar-refractivity contribution in [3.63, 3.8) is 0 Å². The van der Waals surface area contributed by atoms with E-state index in [9.17, 15) is 29.1 Å². The molecule has 1 aliphatic rings. The number of aliphatic carboxylic acids is 2. The van der Waals surface area contributed by atoms with Crippen LogP contribution in [0.3, 0.4) is 0 Å². The quantitative estimate of drug-likeness (QED) is 0.165. The number of rotatable bonds is 12. The van der Waals surface area contributed by atoms with Crippen molar-refractivity contribution in [2.24, 2.45) is 5.73 Å². The topological polar surface area (TPSA) is 208 Å². The van der Waals surface area contributed by atoms with Gasteiger partial charge in [-0.25, -0.2) is 9.78 Å². The molecule has 1 saturated heterocycles. The number of carbonyl (C=O) groups excluding carboxylic acids is 3. The zero-order valence-corrected chi connectivity index (χ0v) is 18.7. The number of aromatic amines is 1. The number of imidazole rings is 1. The third-order valence-electron chi connectivity index (χ3n) is 5.24. The highest BCUT2D eigenvalue weighted by Crippen LogP contribution is 2.19. The highest BCUT2D eigenvalue weighted by molar-refractivity contribution is 7.80. The Morgan fingerprint density at radius 3 is 2.55 bits per heavy atom. The molecule has 182 valence electrons. The normalized spacial score (nSPS) is 18.2. The molecule has 4 atom stereocenters. The number of H-pyrrole nitrogens is 1. The van der Waals surface area contributed by atoms with Gasteiger partial charge in [-0.05, 0) is 19.3 Å². The number of carbonyl (C=O) groups is 5. The number of amides is 3. The van der Waals surface area contributed by atoms with Crippen LogP contribution in [-0.2, 0) is 30.4 Å². The number of thiol groups is 1. The lowest BCUT2D eigenvalue weighted by Crippen LogP contribution is -2.57. The number of nitrogens with one attached hydrogen (secondary N) is 3. The Morgan fingerprint density at radius 2 is 1.97 bits per heavy atom. The van der Waals surface area contributed by atoms with Gasteiger partial charge in [-0.1, -0.05) is 0 Å². The van der Waals surface area contributed by atoms with Crippen LogP contribution in [0.1, 0.15) is 31.4 Å². The molecule has 1 aromatic rings. The number of hydrogen-bond donors (Lipinski definition) is 7. The summed E-state index contributed by atoms with van der Waals surface area (Å²) < 4.78 is 0. The van der Waals surface area contributed by atoms with Gasteiger partial charge in [0.15, 0.2) is 0 Å². The molecular formula is C19H28N6O7S. The molecule has 7 N–H and O–H groups in total. The first kappa shape index (κ1) is 26.1. The molecule has 1 aliphatic heterocycles. The van der Waals surface area contributed by atoms with Gasteiger partial charge < -0.3 is 36.5 Å². The molecule has 0 spiro atoms. The van der Waals surface area contributed by atoms with E-state index in [2.05, 4.69) is 33.2 Å². The van der Waals surface area contributed by atoms with Gasteiger partial charge >= 0.3 is 11.9 Å². The zero-order valence-electron chi connectivity index (χ0n) is 17.8. The molecule has 0 saturated carbocycles. The smallest absolute Gasteiger partial charge is 0.326 e. The lowest BCUT2D eigenvalue weighted by molar-refractivity contribution is -0.144. The molecule has 14 heteroatoms. The number of nitrogens with two attached hydrogens (primary N) is 1. The molecule has 1 fully saturated rings. The van der Waals surface area contributed by atoms with Gasteiger partial charge in [-0.3, -0.25) is 19.2 Å². The van der Waals surface area contributed by atoms with Crippen LogP contribution in [0.4, 0.5) is 0 Å². The summed E-state index contributed by atoms with van der Waals surface area (Å²) in [6, 6.07) is -4.32. The molecule has 0 bridgehead atoms. The standard InChI is InChI=1S/C19H28N6O7S/c20-11(3-4-15(26)27)16(28)24-13(8-33)18(30)25-5-1-2-14(25)17(29)23-12(19(31)32)6-10-7-21-9-22-10/h7,9,11-14,33H,1-6,8,20H2,(H,21,22)(H,23,29)(H,24,28)(H,26,27)(H,31,32). The summed E-state index contributed by atoms with van der Waals surface area (Å²) in [5, 5.41) is 23.1. The number of hydrogen-bond acceptors (Lipinski definition) is 8. The van der Waals surface area contributed by atoms with Crippen LogP contribution >= 0.6 is 12.6 Å². The summed E-state index contributed by atoms with van der Waals surface area (Å²) in [7, 11) is 0. The first-order valence-electron chi connectivity index (χ1n) is 10.3. The van der Waals surface area contributed by atoms with E-state index in [-0.39, 0.29) is 31.6 Å². The van der Waals surface area contributed by atoms with E-state index >= 15 is 0 Å². The third-order valence-corrected chi connectivity index (χ3v) is 5.60. The Hall–Kier alpha value is -3.13. The molecule has 33 heavy (non-hydrogen) atoms. The lowest BCUT2D eigenvalue weighted by Gasteiger charge is -2.29. The summed E-state index contributed by atoms with van der Waals surface area (Å²) in [6.45, 7) is 0.250. The zero-order chi connectivity index (χ0) is 24.5. The van der Waals surface area contributed by atoms with E-state index in [0.29, 0.717) is 18.5 Å². The Kier molecular flexibility index (Phi) is 9.66. The molecule has 2 rings (SSSR count). The Bertz CT molecular complexity index is 865. The molecule has 0 radical (unpaired) electrons. The van der Waals surface area contributed by atoms with Gasteiger partial charge in [0.2, 0.25) is 17.7 Å². The van der Waals surface area contributed by atoms with Crippen molar-refractivity contribution < 1.29 is 34.2 Å². The highest BCUT2D eigenvalue weighted by atomic mass is 32.1. The minimum atomic E-state index is -1.23. The SMILES string of the molecule is NC(CCC(=O)O)C(=O)NC(CS)C(=O)N1CCCC1C(=O)NC(Cc1cnc[nH]1)C(=O)O. The van der Waals surface area contributed by atoms with Crippen LogP contribution in [0.25, 0.3) is 0 Å². The summed E-state index contributed by atoms with van der Waals surface area (Å²) in [6.07, 6.45) is 3.29. The van der Waals surface area contributed by atoms with Crippen molar-refractivity contribution in [3.05, 3.63) is 18.2 Å². The summed E-state index contributed by atoms with van der Waals surface area (Å²) in [4.78, 5) is 68.2. The molecule has 13 nitrogen and oxygen atoms in total. The molecule has 0 aliphatic carbocycles. The maximum Gasteiger partial charge on any atom is 0.326 e. The van der Waals surface area contributed by atoms with Crippen LogP contribution in [0.2, 0.25) is 0 Å². The number of aromatic nitrogens is 2. The van der Waals surface area contributed by atoms with Crippen molar-refractivity contribution in [2.45, 2.75) is 56.3 Å². The van der Waals surface area contributed by atoms with Gasteiger partial charge in [-0.15, -0.1) is 0 Å². The van der Waals surface area contributed by atoms with Crippen LogP contribution < -0.4 is 16.4 Å². The van der Waals surface area contributed by atoms with E-state index in [4.69, 9.17) is 10.8 Å². The summed E-state index contributed by atoms with van der Waals surface area (Å²) in [5.41, 5.74) is 6.21. The van der Waals surface area contributed by atoms with Crippen LogP contribution in [0.15, 0.2) is 12.5 Å². The van der Waals surface area contributed by atoms with Crippen molar-refractivity contribution in [3.8, 4) is 0 Å². The van der Waals surface area contributed by atoms with E-state index in [0.717, 1.165) is 0 Å². The predicted octanol–water partition coefficient (Wildman–Crippen LogP) is -1.88. The minimum absolute atomic E-state index is 0.00864. The van der Waals surface area contributed by atoms with Gasteiger partial charge in [-0.2, -0.15) is 12.6 Å². The minimum Gasteiger partial charge on any atom is -0.481 e. The van der Waals surface area contributed by atoms with E-state index in [1.807, 2.05) is 0 Å². The van der Waals surface area contributed by atoms with E-state index in [1.54, 1.807) is 0 Å². The van der Waals surface area contributed by atoms with E-state index in [1.165, 1.54) is 17.4 Å². The van der Waals surface area contributed by atoms with Crippen LogP contribution in [0.5, 0.6) is 0 Å². The van der Waals surface area contributed by atoms with E-state index < -0.39 is 53.8 Å². The second kappa shape index (κ2) is 12.2. The van der Waals surface area contributed by atoms with Crippen molar-refractivity contribution in [2.75, 3.05) is 12.3 Å². The molecule has 2 heterocycles. The molecule has 3 amide bonds. The fourth-order valence-electron chi connectivity index (χ4n) is 3.46. The summed E-state index contributed by atoms with van der Waals surface area (Å²) in [5.74, 6) is -4.27. The van der Waals surface area contributed by atoms with Gasteiger partial charge in [0.05, 0.1) is 12.4 Å². The number of carboxylic acid groups (broad SMARTS) is 2. The average molecular weight is 485 g/mol. The molecule has 1 aromatic heterocycles. The monoisotopic (exact) mass is 484 g/mol. The first-order chi connectivity index (χ1) is 15.6. The fraction of sp³-hybridized carbons (Fsp3) is 0.579. The molecular weight excluding hydrogens is 456 g/mol. The second-order valence-electron chi connectivity index (χ2n) is 7.65. The first-order valence-corrected chi connectivity index (χ1v) is 11.0. The predicted molar refractivity (Wildman–Crippen MR) is 117 cm³/mol. The largest absolute Gasteiger partial charge is 0.481 e. The molecule has 0 aromatic carbocycles. The maximum absolute atomic E-state index is 13.0. The highest BCUT2D eigenvalue weighted by Gasteiger charge is 2.38. The van der Waals surface area contributed by atoms with Gasteiger partial charge in [0, 0.05) is 37.0 Å². The van der Waals surface area contributed by atoms with Crippen LogP contribution in [-0.4, -0.2) is 91.2 Å².